The highest BCUT2D eigenvalue weighted by Gasteiger charge is 2.43. The fourth-order valence-electron chi connectivity index (χ4n) is 2.06. The fraction of sp³-hybridized carbons (Fsp3) is 0.538. The fourth-order valence-corrected chi connectivity index (χ4v) is 2.54. The molecule has 1 aromatic rings. The van der Waals surface area contributed by atoms with Gasteiger partial charge in [-0.1, -0.05) is 29.3 Å². The van der Waals surface area contributed by atoms with Crippen LogP contribution in [0.4, 0.5) is 0 Å². The van der Waals surface area contributed by atoms with Crippen molar-refractivity contribution in [2.75, 3.05) is 6.61 Å². The van der Waals surface area contributed by atoms with Crippen LogP contribution in [-0.4, -0.2) is 57.9 Å². The maximum absolute atomic E-state index is 9.87. The van der Waals surface area contributed by atoms with Crippen molar-refractivity contribution in [1.29, 1.82) is 0 Å². The molecule has 118 valence electrons. The van der Waals surface area contributed by atoms with Crippen LogP contribution in [0, 0.1) is 0 Å². The lowest BCUT2D eigenvalue weighted by Gasteiger charge is -2.20. The molecule has 1 aromatic carbocycles. The normalized spacial score (nSPS) is 30.6. The summed E-state index contributed by atoms with van der Waals surface area (Å²) in [6.45, 7) is -0.461. The highest BCUT2D eigenvalue weighted by molar-refractivity contribution is 6.35. The van der Waals surface area contributed by atoms with Crippen molar-refractivity contribution in [3.63, 3.8) is 0 Å². The van der Waals surface area contributed by atoms with E-state index in [4.69, 9.17) is 37.8 Å². The Morgan fingerprint density at radius 2 is 1.95 bits per heavy atom. The van der Waals surface area contributed by atoms with E-state index in [1.807, 2.05) is 0 Å². The van der Waals surface area contributed by atoms with Gasteiger partial charge in [-0.15, -0.1) is 0 Å². The molecule has 0 amide bonds. The molecule has 6 nitrogen and oxygen atoms in total. The summed E-state index contributed by atoms with van der Waals surface area (Å²) in [7, 11) is 0. The Hall–Kier alpha value is -0.440. The van der Waals surface area contributed by atoms with Crippen molar-refractivity contribution in [3.8, 4) is 0 Å². The Morgan fingerprint density at radius 3 is 2.52 bits per heavy atom. The van der Waals surface area contributed by atoms with Gasteiger partial charge in [0, 0.05) is 16.5 Å². The highest BCUT2D eigenvalue weighted by atomic mass is 35.5. The van der Waals surface area contributed by atoms with Crippen molar-refractivity contribution in [1.82, 2.24) is 0 Å². The molecule has 2 rings (SSSR count). The molecule has 5 atom stereocenters. The molecule has 0 aromatic heterocycles. The predicted octanol–water partition coefficient (Wildman–Crippen LogP) is 0.310. The molecule has 1 fully saturated rings. The third-order valence-electron chi connectivity index (χ3n) is 3.20. The van der Waals surface area contributed by atoms with E-state index in [1.165, 1.54) is 6.07 Å². The summed E-state index contributed by atoms with van der Waals surface area (Å²) in [5.41, 5.74) is 0.611. The van der Waals surface area contributed by atoms with Crippen LogP contribution in [0.3, 0.4) is 0 Å². The monoisotopic (exact) mass is 338 g/mol. The third kappa shape index (κ3) is 4.06. The number of halogens is 2. The van der Waals surface area contributed by atoms with E-state index in [2.05, 4.69) is 0 Å². The van der Waals surface area contributed by atoms with Gasteiger partial charge in [0.1, 0.15) is 18.3 Å². The van der Waals surface area contributed by atoms with E-state index in [1.54, 1.807) is 12.1 Å². The minimum atomic E-state index is -1.35. The Labute approximate surface area is 131 Å². The zero-order chi connectivity index (χ0) is 15.6. The molecule has 0 bridgehead atoms. The van der Waals surface area contributed by atoms with Gasteiger partial charge in [0.15, 0.2) is 12.6 Å². The summed E-state index contributed by atoms with van der Waals surface area (Å²) in [6.07, 6.45) is -6.03. The second kappa shape index (κ2) is 7.21. The number of hydrogen-bond acceptors (Lipinski definition) is 6. The second-order valence-corrected chi connectivity index (χ2v) is 5.58. The van der Waals surface area contributed by atoms with Crippen molar-refractivity contribution in [2.24, 2.45) is 0 Å². The zero-order valence-corrected chi connectivity index (χ0v) is 12.4. The summed E-state index contributed by atoms with van der Waals surface area (Å²) < 4.78 is 10.2. The Bertz CT molecular complexity index is 486. The lowest BCUT2D eigenvalue weighted by atomic mass is 10.1. The summed E-state index contributed by atoms with van der Waals surface area (Å²) in [5.74, 6) is 0. The summed E-state index contributed by atoms with van der Waals surface area (Å²) >= 11 is 11.8. The molecule has 1 unspecified atom stereocenters. The van der Waals surface area contributed by atoms with Gasteiger partial charge < -0.3 is 29.9 Å². The van der Waals surface area contributed by atoms with Crippen LogP contribution < -0.4 is 0 Å². The minimum Gasteiger partial charge on any atom is -0.394 e. The molecule has 0 spiro atoms. The molecule has 1 heterocycles. The van der Waals surface area contributed by atoms with E-state index in [9.17, 15) is 15.3 Å². The topological polar surface area (TPSA) is 99.4 Å². The van der Waals surface area contributed by atoms with Crippen molar-refractivity contribution < 1.29 is 29.9 Å². The maximum atomic E-state index is 9.87. The minimum absolute atomic E-state index is 0.0580. The molecule has 4 N–H and O–H groups in total. The van der Waals surface area contributed by atoms with Crippen LogP contribution >= 0.6 is 23.2 Å². The zero-order valence-electron chi connectivity index (χ0n) is 10.9. The SMILES string of the molecule is OC[C@H]1O[C@H](OC(O)Cc2ccc(Cl)cc2Cl)[C@H](O)[C@@H]1O. The van der Waals surface area contributed by atoms with Gasteiger partial charge in [-0.25, -0.2) is 0 Å². The van der Waals surface area contributed by atoms with Gasteiger partial charge >= 0.3 is 0 Å². The first-order valence-corrected chi connectivity index (χ1v) is 7.08. The molecule has 0 radical (unpaired) electrons. The molecule has 21 heavy (non-hydrogen) atoms. The average molecular weight is 339 g/mol. The third-order valence-corrected chi connectivity index (χ3v) is 3.79. The van der Waals surface area contributed by atoms with Crippen LogP contribution in [0.5, 0.6) is 0 Å². The molecule has 0 aliphatic carbocycles. The number of benzene rings is 1. The first-order valence-electron chi connectivity index (χ1n) is 6.32. The Balaban J connectivity index is 1.94. The van der Waals surface area contributed by atoms with Gasteiger partial charge in [0.05, 0.1) is 6.61 Å². The molecule has 1 aliphatic rings. The molecular weight excluding hydrogens is 323 g/mol. The average Bonchev–Trinajstić information content (AvgIpc) is 2.70. The maximum Gasteiger partial charge on any atom is 0.189 e. The molecule has 1 saturated heterocycles. The van der Waals surface area contributed by atoms with Crippen molar-refractivity contribution in [2.45, 2.75) is 37.3 Å². The van der Waals surface area contributed by atoms with E-state index in [0.29, 0.717) is 15.6 Å². The van der Waals surface area contributed by atoms with Gasteiger partial charge in [-0.2, -0.15) is 0 Å². The lowest BCUT2D eigenvalue weighted by Crippen LogP contribution is -2.36. The largest absolute Gasteiger partial charge is 0.394 e. The number of aliphatic hydroxyl groups is 4. The van der Waals surface area contributed by atoms with E-state index < -0.39 is 37.5 Å². The second-order valence-electron chi connectivity index (χ2n) is 4.74. The van der Waals surface area contributed by atoms with Crippen LogP contribution in [0.25, 0.3) is 0 Å². The van der Waals surface area contributed by atoms with Crippen LogP contribution in [0.1, 0.15) is 5.56 Å². The first-order chi connectivity index (χ1) is 9.92. The number of aliphatic hydroxyl groups excluding tert-OH is 4. The Morgan fingerprint density at radius 1 is 1.24 bits per heavy atom. The predicted molar refractivity (Wildman–Crippen MR) is 75.0 cm³/mol. The number of ether oxygens (including phenoxy) is 2. The number of rotatable bonds is 5. The van der Waals surface area contributed by atoms with Gasteiger partial charge in [-0.05, 0) is 17.7 Å². The van der Waals surface area contributed by atoms with E-state index in [0.717, 1.165) is 0 Å². The van der Waals surface area contributed by atoms with E-state index in [-0.39, 0.29) is 6.42 Å². The molecule has 8 heteroatoms. The molecular formula is C13H16Cl2O6. The smallest absolute Gasteiger partial charge is 0.189 e. The summed E-state index contributed by atoms with van der Waals surface area (Å²) in [5, 5.41) is 39.0. The van der Waals surface area contributed by atoms with Gasteiger partial charge in [0.2, 0.25) is 0 Å². The highest BCUT2D eigenvalue weighted by Crippen LogP contribution is 2.25. The number of hydrogen-bond donors (Lipinski definition) is 4. The first kappa shape index (κ1) is 16.9. The van der Waals surface area contributed by atoms with Crippen molar-refractivity contribution in [3.05, 3.63) is 33.8 Å². The van der Waals surface area contributed by atoms with Crippen LogP contribution in [0.2, 0.25) is 10.0 Å². The Kier molecular flexibility index (Phi) is 5.81. The van der Waals surface area contributed by atoms with Crippen LogP contribution in [0.15, 0.2) is 18.2 Å². The van der Waals surface area contributed by atoms with Gasteiger partial charge in [-0.3, -0.25) is 0 Å². The lowest BCUT2D eigenvalue weighted by molar-refractivity contribution is -0.242. The van der Waals surface area contributed by atoms with E-state index >= 15 is 0 Å². The summed E-state index contributed by atoms with van der Waals surface area (Å²) in [6, 6.07) is 4.81. The summed E-state index contributed by atoms with van der Waals surface area (Å²) in [4.78, 5) is 0. The van der Waals surface area contributed by atoms with Crippen molar-refractivity contribution >= 4 is 23.2 Å². The van der Waals surface area contributed by atoms with Gasteiger partial charge in [0.25, 0.3) is 0 Å². The van der Waals surface area contributed by atoms with Crippen LogP contribution in [-0.2, 0) is 15.9 Å². The molecule has 1 aliphatic heterocycles. The molecule has 0 saturated carbocycles. The quantitative estimate of drug-likeness (QED) is 0.577. The standard InChI is InChI=1S/C13H16Cl2O6/c14-7-2-1-6(8(15)4-7)3-10(17)21-13-12(19)11(18)9(5-16)20-13/h1-2,4,9-13,16-19H,3,5H2/t9-,10?,11-,12-,13-/m1/s1.